The van der Waals surface area contributed by atoms with Gasteiger partial charge in [0.2, 0.25) is 11.3 Å². The van der Waals surface area contributed by atoms with Crippen LogP contribution in [-0.2, 0) is 24.1 Å². The zero-order chi connectivity index (χ0) is 18.6. The van der Waals surface area contributed by atoms with Crippen LogP contribution in [0.3, 0.4) is 0 Å². The van der Waals surface area contributed by atoms with Gasteiger partial charge in [-0.25, -0.2) is 19.6 Å². The van der Waals surface area contributed by atoms with Crippen molar-refractivity contribution in [1.82, 2.24) is 25.3 Å². The molecule has 0 unspecified atom stereocenters. The zero-order valence-electron chi connectivity index (χ0n) is 15.6. The van der Waals surface area contributed by atoms with E-state index >= 15 is 0 Å². The second-order valence-electron chi connectivity index (χ2n) is 6.62. The van der Waals surface area contributed by atoms with Crippen molar-refractivity contribution in [3.05, 3.63) is 15.6 Å². The molecule has 1 N–H and O–H groups in total. The van der Waals surface area contributed by atoms with Gasteiger partial charge in [0.05, 0.1) is 12.2 Å². The number of hydrogen-bond donors (Lipinski definition) is 1. The van der Waals surface area contributed by atoms with Crippen molar-refractivity contribution in [3.63, 3.8) is 0 Å². The summed E-state index contributed by atoms with van der Waals surface area (Å²) in [6.07, 6.45) is 5.62. The third-order valence-electron chi connectivity index (χ3n) is 4.54. The molecule has 0 saturated heterocycles. The van der Waals surface area contributed by atoms with Gasteiger partial charge in [-0.2, -0.15) is 0 Å². The summed E-state index contributed by atoms with van der Waals surface area (Å²) in [5.74, 6) is 1.38. The Bertz CT molecular complexity index is 886. The Balaban J connectivity index is 1.55. The summed E-state index contributed by atoms with van der Waals surface area (Å²) in [6.45, 7) is 2.09. The Hall–Kier alpha value is -2.33. The largest absolute Gasteiger partial charge is 0.385 e. The van der Waals surface area contributed by atoms with Gasteiger partial charge in [0, 0.05) is 32.2 Å². The second-order valence-corrected chi connectivity index (χ2v) is 7.79. The normalized spacial score (nSPS) is 13.7. The minimum absolute atomic E-state index is 0.395. The van der Waals surface area contributed by atoms with Crippen molar-refractivity contribution in [1.29, 1.82) is 0 Å². The summed E-state index contributed by atoms with van der Waals surface area (Å²) < 4.78 is 9.87. The molecule has 10 heteroatoms. The predicted molar refractivity (Wildman–Crippen MR) is 103 cm³/mol. The fourth-order valence-electron chi connectivity index (χ4n) is 3.19. The molecule has 0 bridgehead atoms. The lowest BCUT2D eigenvalue weighted by atomic mass is 10.0. The van der Waals surface area contributed by atoms with Gasteiger partial charge < -0.3 is 15.0 Å². The second kappa shape index (κ2) is 8.13. The lowest BCUT2D eigenvalue weighted by molar-refractivity contribution is 0.198. The monoisotopic (exact) mass is 389 g/mol. The third-order valence-corrected chi connectivity index (χ3v) is 5.68. The highest BCUT2D eigenvalue weighted by Gasteiger charge is 2.19. The molecule has 9 nitrogen and oxygen atoms in total. The Morgan fingerprint density at radius 3 is 2.78 bits per heavy atom. The molecule has 0 aromatic carbocycles. The molecule has 144 valence electrons. The Kier molecular flexibility index (Phi) is 5.44. The van der Waals surface area contributed by atoms with Gasteiger partial charge in [-0.15, -0.1) is 11.3 Å². The van der Waals surface area contributed by atoms with Crippen LogP contribution in [0, 0.1) is 0 Å². The lowest BCUT2D eigenvalue weighted by Gasteiger charge is -2.19. The van der Waals surface area contributed by atoms with E-state index in [1.54, 1.807) is 7.11 Å². The molecule has 0 amide bonds. The molecule has 3 aromatic rings. The molecule has 3 aromatic heterocycles. The van der Waals surface area contributed by atoms with Crippen LogP contribution in [-0.4, -0.2) is 52.6 Å². The molecule has 0 saturated carbocycles. The summed E-state index contributed by atoms with van der Waals surface area (Å²) in [7, 11) is 3.68. The minimum Gasteiger partial charge on any atom is -0.385 e. The van der Waals surface area contributed by atoms with Crippen LogP contribution < -0.4 is 10.2 Å². The van der Waals surface area contributed by atoms with E-state index in [-0.39, 0.29) is 0 Å². The summed E-state index contributed by atoms with van der Waals surface area (Å²) in [5, 5.41) is 12.1. The molecular formula is C17H23N7O2S. The first-order chi connectivity index (χ1) is 13.2. The van der Waals surface area contributed by atoms with E-state index in [1.807, 2.05) is 23.3 Å². The number of anilines is 2. The van der Waals surface area contributed by atoms with Gasteiger partial charge in [-0.1, -0.05) is 0 Å². The van der Waals surface area contributed by atoms with Crippen molar-refractivity contribution in [2.75, 3.05) is 37.5 Å². The van der Waals surface area contributed by atoms with Gasteiger partial charge in [-0.05, 0) is 42.4 Å². The van der Waals surface area contributed by atoms with E-state index in [4.69, 9.17) is 14.3 Å². The zero-order valence-corrected chi connectivity index (χ0v) is 16.4. The number of ether oxygens (including phenoxy) is 1. The molecular weight excluding hydrogens is 366 g/mol. The minimum atomic E-state index is 0.395. The maximum Gasteiger partial charge on any atom is 0.245 e. The molecule has 0 aliphatic heterocycles. The standard InChI is InChI=1S/C17H23N7O2S/c1-24(10-13-19-11-6-3-4-7-12(11)27-13)17-16(18-8-5-9-25-2)20-14-15(21-17)23-26-22-14/h3-10H2,1-2H3,(H,18,20,22). The first-order valence-electron chi connectivity index (χ1n) is 9.16. The highest BCUT2D eigenvalue weighted by molar-refractivity contribution is 7.11. The number of fused-ring (bicyclic) bond motifs is 2. The highest BCUT2D eigenvalue weighted by Crippen LogP contribution is 2.29. The molecule has 3 heterocycles. The first kappa shape index (κ1) is 18.1. The number of thiazole rings is 1. The molecule has 0 atom stereocenters. The van der Waals surface area contributed by atoms with Crippen molar-refractivity contribution < 1.29 is 9.37 Å². The highest BCUT2D eigenvalue weighted by atomic mass is 32.1. The van der Waals surface area contributed by atoms with Crippen molar-refractivity contribution in [3.8, 4) is 0 Å². The van der Waals surface area contributed by atoms with Crippen LogP contribution in [0.4, 0.5) is 11.6 Å². The number of nitrogens with one attached hydrogen (secondary N) is 1. The molecule has 0 fully saturated rings. The fraction of sp³-hybridized carbons (Fsp3) is 0.588. The van der Waals surface area contributed by atoms with E-state index in [1.165, 1.54) is 23.4 Å². The summed E-state index contributed by atoms with van der Waals surface area (Å²) in [6, 6.07) is 0. The molecule has 0 spiro atoms. The van der Waals surface area contributed by atoms with Crippen LogP contribution in [0.15, 0.2) is 4.63 Å². The quantitative estimate of drug-likeness (QED) is 0.582. The maximum atomic E-state index is 5.10. The maximum absolute atomic E-state index is 5.10. The van der Waals surface area contributed by atoms with Crippen molar-refractivity contribution >= 4 is 34.3 Å². The van der Waals surface area contributed by atoms with E-state index in [9.17, 15) is 0 Å². The molecule has 1 aliphatic rings. The number of aromatic nitrogens is 5. The van der Waals surface area contributed by atoms with Gasteiger partial charge in [0.15, 0.2) is 11.6 Å². The summed E-state index contributed by atoms with van der Waals surface area (Å²) in [4.78, 5) is 17.4. The SMILES string of the molecule is COCCCNc1nc2nonc2nc1N(C)Cc1nc2c(s1)CCCC2. The predicted octanol–water partition coefficient (Wildman–Crippen LogP) is 2.43. The van der Waals surface area contributed by atoms with Gasteiger partial charge >= 0.3 is 0 Å². The average molecular weight is 389 g/mol. The Labute approximate surface area is 161 Å². The Morgan fingerprint density at radius 1 is 1.15 bits per heavy atom. The number of hydrogen-bond acceptors (Lipinski definition) is 10. The van der Waals surface area contributed by atoms with Gasteiger partial charge in [0.25, 0.3) is 0 Å². The van der Waals surface area contributed by atoms with E-state index in [0.29, 0.717) is 36.1 Å². The Morgan fingerprint density at radius 2 is 1.96 bits per heavy atom. The molecule has 1 aliphatic carbocycles. The first-order valence-corrected chi connectivity index (χ1v) is 9.98. The lowest BCUT2D eigenvalue weighted by Crippen LogP contribution is -2.21. The fourth-order valence-corrected chi connectivity index (χ4v) is 4.40. The van der Waals surface area contributed by atoms with Crippen molar-refractivity contribution in [2.24, 2.45) is 0 Å². The van der Waals surface area contributed by atoms with E-state index in [2.05, 4.69) is 25.6 Å². The van der Waals surface area contributed by atoms with Crippen molar-refractivity contribution in [2.45, 2.75) is 38.6 Å². The van der Waals surface area contributed by atoms with E-state index < -0.39 is 0 Å². The third kappa shape index (κ3) is 4.01. The molecule has 4 rings (SSSR count). The summed E-state index contributed by atoms with van der Waals surface area (Å²) >= 11 is 1.81. The topological polar surface area (TPSA) is 102 Å². The van der Waals surface area contributed by atoms with Gasteiger partial charge in [-0.3, -0.25) is 0 Å². The van der Waals surface area contributed by atoms with Crippen LogP contribution >= 0.6 is 11.3 Å². The van der Waals surface area contributed by atoms with E-state index in [0.717, 1.165) is 30.8 Å². The number of aryl methyl sites for hydroxylation is 2. The molecule has 27 heavy (non-hydrogen) atoms. The molecule has 0 radical (unpaired) electrons. The number of rotatable bonds is 8. The average Bonchev–Trinajstić information content (AvgIpc) is 3.29. The van der Waals surface area contributed by atoms with Crippen LogP contribution in [0.2, 0.25) is 0 Å². The van der Waals surface area contributed by atoms with Crippen LogP contribution in [0.5, 0.6) is 0 Å². The van der Waals surface area contributed by atoms with Crippen LogP contribution in [0.1, 0.15) is 34.8 Å². The van der Waals surface area contributed by atoms with Crippen LogP contribution in [0.25, 0.3) is 11.3 Å². The number of methoxy groups -OCH3 is 1. The smallest absolute Gasteiger partial charge is 0.245 e. The van der Waals surface area contributed by atoms with Gasteiger partial charge in [0.1, 0.15) is 5.01 Å². The summed E-state index contributed by atoms with van der Waals surface area (Å²) in [5.41, 5.74) is 2.07. The number of nitrogens with zero attached hydrogens (tertiary/aromatic N) is 6.